The Hall–Kier alpha value is -3.20. The van der Waals surface area contributed by atoms with Crippen molar-refractivity contribution in [2.45, 2.75) is 45.4 Å². The molecule has 3 heteroatoms. The second-order valence-corrected chi connectivity index (χ2v) is 8.77. The first-order chi connectivity index (χ1) is 15.0. The molecule has 0 bridgehead atoms. The molecule has 1 amide bonds. The third kappa shape index (κ3) is 5.11. The van der Waals surface area contributed by atoms with Crippen LogP contribution in [0.5, 0.6) is 0 Å². The van der Waals surface area contributed by atoms with Crippen LogP contribution in [-0.2, 0) is 11.2 Å². The zero-order chi connectivity index (χ0) is 21.8. The number of Topliss-reactive ketones (excluding diaryl/α,β-unsaturated/α-hetero) is 1. The van der Waals surface area contributed by atoms with Crippen LogP contribution in [0.3, 0.4) is 0 Å². The van der Waals surface area contributed by atoms with Gasteiger partial charge in [-0.2, -0.15) is 0 Å². The van der Waals surface area contributed by atoms with Crippen molar-refractivity contribution in [2.24, 2.45) is 5.92 Å². The lowest BCUT2D eigenvalue weighted by atomic mass is 9.80. The van der Waals surface area contributed by atoms with Gasteiger partial charge < -0.3 is 5.32 Å². The number of benzene rings is 3. The number of anilines is 1. The van der Waals surface area contributed by atoms with Crippen LogP contribution in [0.1, 0.15) is 60.5 Å². The Bertz CT molecular complexity index is 1040. The van der Waals surface area contributed by atoms with E-state index < -0.39 is 0 Å². The molecular weight excluding hydrogens is 382 g/mol. The molecule has 3 nitrogen and oxygen atoms in total. The summed E-state index contributed by atoms with van der Waals surface area (Å²) in [5, 5.41) is 2.97. The smallest absolute Gasteiger partial charge is 0.228 e. The molecule has 1 fully saturated rings. The van der Waals surface area contributed by atoms with Gasteiger partial charge in [-0.15, -0.1) is 0 Å². The zero-order valence-electron chi connectivity index (χ0n) is 18.2. The van der Waals surface area contributed by atoms with Gasteiger partial charge in [0.15, 0.2) is 5.78 Å². The standard InChI is InChI=1S/C28H29NO2/c1-19(2)21-8-6-20(7-9-21)18-27(30)29-26-16-14-23(15-17-26)22-10-12-25(13-11-22)28(31)24-4-3-5-24/h6-17,19,24H,3-5,18H2,1-2H3,(H,29,30). The van der Waals surface area contributed by atoms with Crippen LogP contribution in [0.25, 0.3) is 11.1 Å². The molecule has 0 aromatic heterocycles. The van der Waals surface area contributed by atoms with Crippen molar-refractivity contribution in [3.05, 3.63) is 89.5 Å². The van der Waals surface area contributed by atoms with Gasteiger partial charge in [0.2, 0.25) is 5.91 Å². The number of ketones is 1. The normalized spacial score (nSPS) is 13.6. The Morgan fingerprint density at radius 1 is 0.839 bits per heavy atom. The van der Waals surface area contributed by atoms with Crippen molar-refractivity contribution < 1.29 is 9.59 Å². The SMILES string of the molecule is CC(C)c1ccc(CC(=O)Nc2ccc(-c3ccc(C(=O)C4CCC4)cc3)cc2)cc1. The summed E-state index contributed by atoms with van der Waals surface area (Å²) >= 11 is 0. The first-order valence-electron chi connectivity index (χ1n) is 11.1. The van der Waals surface area contributed by atoms with Gasteiger partial charge in [0.05, 0.1) is 6.42 Å². The van der Waals surface area contributed by atoms with E-state index in [1.165, 1.54) is 12.0 Å². The molecule has 3 aromatic rings. The molecule has 1 aliphatic rings. The van der Waals surface area contributed by atoms with Gasteiger partial charge in [-0.05, 0) is 53.1 Å². The minimum absolute atomic E-state index is 0.0242. The van der Waals surface area contributed by atoms with E-state index in [2.05, 4.69) is 31.3 Å². The van der Waals surface area contributed by atoms with E-state index >= 15 is 0 Å². The monoisotopic (exact) mass is 411 g/mol. The fraction of sp³-hybridized carbons (Fsp3) is 0.286. The molecule has 1 N–H and O–H groups in total. The van der Waals surface area contributed by atoms with Gasteiger partial charge in [-0.3, -0.25) is 9.59 Å². The van der Waals surface area contributed by atoms with Gasteiger partial charge >= 0.3 is 0 Å². The molecule has 0 aliphatic heterocycles. The molecule has 1 saturated carbocycles. The van der Waals surface area contributed by atoms with Crippen LogP contribution in [0.4, 0.5) is 5.69 Å². The minimum Gasteiger partial charge on any atom is -0.326 e. The maximum atomic E-state index is 12.4. The van der Waals surface area contributed by atoms with Crippen molar-refractivity contribution in [1.29, 1.82) is 0 Å². The van der Waals surface area contributed by atoms with Gasteiger partial charge in [0.1, 0.15) is 0 Å². The number of hydrogen-bond donors (Lipinski definition) is 1. The summed E-state index contributed by atoms with van der Waals surface area (Å²) in [4.78, 5) is 24.8. The summed E-state index contributed by atoms with van der Waals surface area (Å²) < 4.78 is 0. The van der Waals surface area contributed by atoms with Crippen LogP contribution >= 0.6 is 0 Å². The number of rotatable bonds is 7. The fourth-order valence-electron chi connectivity index (χ4n) is 3.89. The Kier molecular flexibility index (Phi) is 6.31. The maximum Gasteiger partial charge on any atom is 0.228 e. The highest BCUT2D eigenvalue weighted by atomic mass is 16.1. The van der Waals surface area contributed by atoms with Crippen molar-refractivity contribution in [1.82, 2.24) is 0 Å². The third-order valence-corrected chi connectivity index (χ3v) is 6.16. The Morgan fingerprint density at radius 3 is 1.94 bits per heavy atom. The Morgan fingerprint density at radius 2 is 1.42 bits per heavy atom. The highest BCUT2D eigenvalue weighted by molar-refractivity contribution is 5.98. The number of amides is 1. The van der Waals surface area contributed by atoms with E-state index in [1.807, 2.05) is 60.7 Å². The summed E-state index contributed by atoms with van der Waals surface area (Å²) in [6, 6.07) is 23.9. The predicted molar refractivity (Wildman–Crippen MR) is 126 cm³/mol. The van der Waals surface area contributed by atoms with E-state index in [1.54, 1.807) is 0 Å². The third-order valence-electron chi connectivity index (χ3n) is 6.16. The molecule has 4 rings (SSSR count). The molecule has 0 saturated heterocycles. The summed E-state index contributed by atoms with van der Waals surface area (Å²) in [5.74, 6) is 0.960. The number of carbonyl (C=O) groups is 2. The van der Waals surface area contributed by atoms with Gasteiger partial charge in [0, 0.05) is 17.2 Å². The van der Waals surface area contributed by atoms with Gasteiger partial charge in [-0.1, -0.05) is 80.9 Å². The first-order valence-corrected chi connectivity index (χ1v) is 11.1. The molecule has 1 aliphatic carbocycles. The summed E-state index contributed by atoms with van der Waals surface area (Å²) in [6.07, 6.45) is 3.58. The Labute approximate surface area is 184 Å². The topological polar surface area (TPSA) is 46.2 Å². The average molecular weight is 412 g/mol. The molecule has 0 heterocycles. The first kappa shape index (κ1) is 21.0. The van der Waals surface area contributed by atoms with E-state index in [0.29, 0.717) is 12.3 Å². The van der Waals surface area contributed by atoms with Gasteiger partial charge in [0.25, 0.3) is 0 Å². The van der Waals surface area contributed by atoms with Crippen molar-refractivity contribution in [2.75, 3.05) is 5.32 Å². The molecule has 0 atom stereocenters. The highest BCUT2D eigenvalue weighted by Gasteiger charge is 2.25. The van der Waals surface area contributed by atoms with E-state index in [9.17, 15) is 9.59 Å². The maximum absolute atomic E-state index is 12.4. The lowest BCUT2D eigenvalue weighted by Gasteiger charge is -2.23. The zero-order valence-corrected chi connectivity index (χ0v) is 18.2. The van der Waals surface area contributed by atoms with Crippen LogP contribution in [-0.4, -0.2) is 11.7 Å². The van der Waals surface area contributed by atoms with Crippen molar-refractivity contribution in [3.8, 4) is 11.1 Å². The molecule has 158 valence electrons. The molecule has 31 heavy (non-hydrogen) atoms. The number of nitrogens with one attached hydrogen (secondary N) is 1. The number of hydrogen-bond acceptors (Lipinski definition) is 2. The lowest BCUT2D eigenvalue weighted by molar-refractivity contribution is -0.115. The van der Waals surface area contributed by atoms with Crippen molar-refractivity contribution in [3.63, 3.8) is 0 Å². The Balaban J connectivity index is 1.35. The summed E-state index contributed by atoms with van der Waals surface area (Å²) in [6.45, 7) is 4.32. The molecule has 3 aromatic carbocycles. The van der Waals surface area contributed by atoms with Crippen LogP contribution in [0.15, 0.2) is 72.8 Å². The molecular formula is C28H29NO2. The van der Waals surface area contributed by atoms with Gasteiger partial charge in [-0.25, -0.2) is 0 Å². The molecule has 0 unspecified atom stereocenters. The average Bonchev–Trinajstić information content (AvgIpc) is 2.73. The van der Waals surface area contributed by atoms with E-state index in [-0.39, 0.29) is 17.6 Å². The van der Waals surface area contributed by atoms with Crippen LogP contribution < -0.4 is 5.32 Å². The summed E-state index contributed by atoms with van der Waals surface area (Å²) in [7, 11) is 0. The van der Waals surface area contributed by atoms with Crippen LogP contribution in [0.2, 0.25) is 0 Å². The van der Waals surface area contributed by atoms with Crippen molar-refractivity contribution >= 4 is 17.4 Å². The minimum atomic E-state index is -0.0242. The second-order valence-electron chi connectivity index (χ2n) is 8.77. The second kappa shape index (κ2) is 9.30. The highest BCUT2D eigenvalue weighted by Crippen LogP contribution is 2.30. The largest absolute Gasteiger partial charge is 0.326 e. The quantitative estimate of drug-likeness (QED) is 0.443. The fourth-order valence-corrected chi connectivity index (χ4v) is 3.89. The van der Waals surface area contributed by atoms with Crippen LogP contribution in [0, 0.1) is 5.92 Å². The van der Waals surface area contributed by atoms with E-state index in [4.69, 9.17) is 0 Å². The lowest BCUT2D eigenvalue weighted by Crippen LogP contribution is -2.21. The van der Waals surface area contributed by atoms with E-state index in [0.717, 1.165) is 40.8 Å². The number of carbonyl (C=O) groups excluding carboxylic acids is 2. The molecule has 0 spiro atoms. The predicted octanol–water partition coefficient (Wildman–Crippen LogP) is 6.64. The molecule has 0 radical (unpaired) electrons. The summed E-state index contributed by atoms with van der Waals surface area (Å²) in [5.41, 5.74) is 6.00.